The zero-order valence-corrected chi connectivity index (χ0v) is 14.1. The number of carboxylic acids is 1. The van der Waals surface area contributed by atoms with Crippen LogP contribution >= 0.6 is 0 Å². The van der Waals surface area contributed by atoms with Gasteiger partial charge in [-0.2, -0.15) is 0 Å². The molecule has 0 saturated carbocycles. The first-order chi connectivity index (χ1) is 12.5. The molecule has 0 aliphatic rings. The Morgan fingerprint density at radius 2 is 1.81 bits per heavy atom. The number of carbonyl (C=O) groups excluding carboxylic acids is 1. The second-order valence-electron chi connectivity index (χ2n) is 5.73. The average molecular weight is 347 g/mol. The molecular weight excluding hydrogens is 330 g/mol. The van der Waals surface area contributed by atoms with Crippen molar-refractivity contribution >= 4 is 23.6 Å². The largest absolute Gasteiger partial charge is 0.478 e. The summed E-state index contributed by atoms with van der Waals surface area (Å²) in [7, 11) is 0. The summed E-state index contributed by atoms with van der Waals surface area (Å²) in [6, 6.07) is 17.9. The fourth-order valence-corrected chi connectivity index (χ4v) is 2.47. The predicted molar refractivity (Wildman–Crippen MR) is 99.9 cm³/mol. The fourth-order valence-electron chi connectivity index (χ4n) is 2.47. The Morgan fingerprint density at radius 1 is 1.04 bits per heavy atom. The third-order valence-electron chi connectivity index (χ3n) is 3.82. The Bertz CT molecular complexity index is 971. The quantitative estimate of drug-likeness (QED) is 0.661. The van der Waals surface area contributed by atoms with Gasteiger partial charge in [0.05, 0.1) is 5.56 Å². The monoisotopic (exact) mass is 347 g/mol. The molecule has 0 unspecified atom stereocenters. The van der Waals surface area contributed by atoms with E-state index in [-0.39, 0.29) is 11.5 Å². The molecule has 130 valence electrons. The Kier molecular flexibility index (Phi) is 4.99. The number of anilines is 1. The van der Waals surface area contributed by atoms with Crippen molar-refractivity contribution in [2.45, 2.75) is 6.92 Å². The van der Waals surface area contributed by atoms with Crippen LogP contribution in [0.1, 0.15) is 21.7 Å². The lowest BCUT2D eigenvalue weighted by molar-refractivity contribution is -0.111. The molecule has 0 radical (unpaired) electrons. The fraction of sp³-hybridized carbons (Fsp3) is 0.0476. The number of carboxylic acid groups (broad SMARTS) is 1. The van der Waals surface area contributed by atoms with E-state index in [1.807, 2.05) is 36.4 Å². The summed E-state index contributed by atoms with van der Waals surface area (Å²) in [4.78, 5) is 23.0. The summed E-state index contributed by atoms with van der Waals surface area (Å²) in [5.74, 6) is -0.0329. The summed E-state index contributed by atoms with van der Waals surface area (Å²) < 4.78 is 5.70. The van der Waals surface area contributed by atoms with Gasteiger partial charge in [-0.1, -0.05) is 30.3 Å². The zero-order chi connectivity index (χ0) is 18.5. The molecule has 1 heterocycles. The van der Waals surface area contributed by atoms with E-state index in [1.165, 1.54) is 18.2 Å². The van der Waals surface area contributed by atoms with Crippen LogP contribution in [-0.2, 0) is 4.79 Å². The first-order valence-electron chi connectivity index (χ1n) is 8.01. The van der Waals surface area contributed by atoms with Crippen molar-refractivity contribution in [1.82, 2.24) is 0 Å². The van der Waals surface area contributed by atoms with Crippen LogP contribution < -0.4 is 5.32 Å². The van der Waals surface area contributed by atoms with Gasteiger partial charge in [-0.05, 0) is 48.9 Å². The highest BCUT2D eigenvalue weighted by Gasteiger charge is 2.07. The van der Waals surface area contributed by atoms with Gasteiger partial charge in [-0.15, -0.1) is 0 Å². The maximum atomic E-state index is 12.1. The third kappa shape index (κ3) is 4.08. The second kappa shape index (κ2) is 7.53. The van der Waals surface area contributed by atoms with Crippen LogP contribution in [-0.4, -0.2) is 17.0 Å². The molecule has 0 saturated heterocycles. The number of rotatable bonds is 5. The normalized spacial score (nSPS) is 10.8. The molecule has 0 aliphatic carbocycles. The summed E-state index contributed by atoms with van der Waals surface area (Å²) in [5, 5.41) is 11.7. The number of nitrogens with one attached hydrogen (secondary N) is 1. The van der Waals surface area contributed by atoms with Crippen LogP contribution in [0, 0.1) is 6.92 Å². The standard InChI is InChI=1S/C21H17NO4/c1-14-13-16(21(24)25)7-10-18(14)22-20(23)12-9-17-8-11-19(26-17)15-5-3-2-4-6-15/h2-13H,1H3,(H,22,23)(H,24,25)/b12-9+. The van der Waals surface area contributed by atoms with Gasteiger partial charge >= 0.3 is 5.97 Å². The van der Waals surface area contributed by atoms with E-state index in [2.05, 4.69) is 5.32 Å². The number of carbonyl (C=O) groups is 2. The summed E-state index contributed by atoms with van der Waals surface area (Å²) >= 11 is 0. The molecule has 0 aliphatic heterocycles. The lowest BCUT2D eigenvalue weighted by Gasteiger charge is -2.07. The molecule has 3 rings (SSSR count). The van der Waals surface area contributed by atoms with Gasteiger partial charge in [-0.3, -0.25) is 4.79 Å². The number of amides is 1. The van der Waals surface area contributed by atoms with E-state index in [1.54, 1.807) is 25.1 Å². The summed E-state index contributed by atoms with van der Waals surface area (Å²) in [6.07, 6.45) is 2.96. The van der Waals surface area contributed by atoms with Crippen LogP contribution in [0.5, 0.6) is 0 Å². The molecule has 0 spiro atoms. The van der Waals surface area contributed by atoms with E-state index in [9.17, 15) is 9.59 Å². The molecule has 0 atom stereocenters. The van der Waals surface area contributed by atoms with Crippen LogP contribution in [0.2, 0.25) is 0 Å². The van der Waals surface area contributed by atoms with E-state index in [4.69, 9.17) is 9.52 Å². The van der Waals surface area contributed by atoms with E-state index >= 15 is 0 Å². The Morgan fingerprint density at radius 3 is 2.50 bits per heavy atom. The van der Waals surface area contributed by atoms with Gasteiger partial charge in [0.15, 0.2) is 0 Å². The topological polar surface area (TPSA) is 79.5 Å². The molecule has 3 aromatic rings. The van der Waals surface area contributed by atoms with E-state index < -0.39 is 5.97 Å². The molecule has 26 heavy (non-hydrogen) atoms. The third-order valence-corrected chi connectivity index (χ3v) is 3.82. The maximum Gasteiger partial charge on any atom is 0.335 e. The summed E-state index contributed by atoms with van der Waals surface area (Å²) in [6.45, 7) is 1.74. The first-order valence-corrected chi connectivity index (χ1v) is 8.01. The zero-order valence-electron chi connectivity index (χ0n) is 14.1. The summed E-state index contributed by atoms with van der Waals surface area (Å²) in [5.41, 5.74) is 2.39. The number of aryl methyl sites for hydroxylation is 1. The molecule has 0 fully saturated rings. The highest BCUT2D eigenvalue weighted by atomic mass is 16.4. The molecular formula is C21H17NO4. The Balaban J connectivity index is 1.67. The number of aromatic carboxylic acids is 1. The number of furan rings is 1. The first kappa shape index (κ1) is 17.2. The van der Waals surface area contributed by atoms with Gasteiger partial charge in [0.1, 0.15) is 11.5 Å². The number of hydrogen-bond donors (Lipinski definition) is 2. The van der Waals surface area contributed by atoms with Crippen molar-refractivity contribution in [2.24, 2.45) is 0 Å². The molecule has 5 nitrogen and oxygen atoms in total. The molecule has 0 bridgehead atoms. The minimum absolute atomic E-state index is 0.181. The van der Waals surface area contributed by atoms with Gasteiger partial charge < -0.3 is 14.8 Å². The van der Waals surface area contributed by atoms with Gasteiger partial charge in [0, 0.05) is 17.3 Å². The predicted octanol–water partition coefficient (Wildman–Crippen LogP) is 4.61. The number of hydrogen-bond acceptors (Lipinski definition) is 3. The van der Waals surface area contributed by atoms with Crippen molar-refractivity contribution in [2.75, 3.05) is 5.32 Å². The Labute approximate surface area is 150 Å². The molecule has 5 heteroatoms. The highest BCUT2D eigenvalue weighted by Crippen LogP contribution is 2.22. The minimum atomic E-state index is -1.00. The van der Waals surface area contributed by atoms with Crippen LogP contribution in [0.15, 0.2) is 71.2 Å². The van der Waals surface area contributed by atoms with E-state index in [0.29, 0.717) is 17.0 Å². The molecule has 1 amide bonds. The van der Waals surface area contributed by atoms with E-state index in [0.717, 1.165) is 11.3 Å². The van der Waals surface area contributed by atoms with Gasteiger partial charge in [0.2, 0.25) is 5.91 Å². The minimum Gasteiger partial charge on any atom is -0.478 e. The van der Waals surface area contributed by atoms with Crippen LogP contribution in [0.3, 0.4) is 0 Å². The molecule has 2 aromatic carbocycles. The van der Waals surface area contributed by atoms with Gasteiger partial charge in [0.25, 0.3) is 0 Å². The lowest BCUT2D eigenvalue weighted by atomic mass is 10.1. The molecule has 1 aromatic heterocycles. The van der Waals surface area contributed by atoms with Crippen LogP contribution in [0.4, 0.5) is 5.69 Å². The van der Waals surface area contributed by atoms with Crippen molar-refractivity contribution in [3.05, 3.63) is 83.6 Å². The average Bonchev–Trinajstić information content (AvgIpc) is 3.11. The lowest BCUT2D eigenvalue weighted by Crippen LogP contribution is -2.09. The highest BCUT2D eigenvalue weighted by molar-refractivity contribution is 6.02. The molecule has 2 N–H and O–H groups in total. The smallest absolute Gasteiger partial charge is 0.335 e. The van der Waals surface area contributed by atoms with Crippen LogP contribution in [0.25, 0.3) is 17.4 Å². The van der Waals surface area contributed by atoms with Crippen molar-refractivity contribution < 1.29 is 19.1 Å². The SMILES string of the molecule is Cc1cc(C(=O)O)ccc1NC(=O)/C=C/c1ccc(-c2ccccc2)o1. The maximum absolute atomic E-state index is 12.1. The van der Waals surface area contributed by atoms with Gasteiger partial charge in [-0.25, -0.2) is 4.79 Å². The Hall–Kier alpha value is -3.60. The van der Waals surface area contributed by atoms with Crippen molar-refractivity contribution in [3.8, 4) is 11.3 Å². The van der Waals surface area contributed by atoms with Crippen molar-refractivity contribution in [3.63, 3.8) is 0 Å². The van der Waals surface area contributed by atoms with Crippen molar-refractivity contribution in [1.29, 1.82) is 0 Å². The number of benzene rings is 2. The second-order valence-corrected chi connectivity index (χ2v) is 5.73.